The molecule has 0 aromatic carbocycles. The fourth-order valence-electron chi connectivity index (χ4n) is 14.9. The van der Waals surface area contributed by atoms with Crippen LogP contribution in [-0.2, 0) is 14.3 Å². The first kappa shape index (κ1) is 45.9. The first-order valence-corrected chi connectivity index (χ1v) is 25.6. The summed E-state index contributed by atoms with van der Waals surface area (Å²) in [4.78, 5) is 26.8. The van der Waals surface area contributed by atoms with E-state index < -0.39 is 23.7 Å². The summed E-state index contributed by atoms with van der Waals surface area (Å²) in [6, 6.07) is 0.351. The van der Waals surface area contributed by atoms with Gasteiger partial charge in [0.15, 0.2) is 5.78 Å². The minimum atomic E-state index is -1.06. The zero-order valence-electron chi connectivity index (χ0n) is 37.8. The molecule has 7 fully saturated rings. The van der Waals surface area contributed by atoms with E-state index in [1.807, 2.05) is 0 Å². The molecular weight excluding hydrogens is 763 g/mol. The maximum absolute atomic E-state index is 14.5. The molecule has 1 spiro atoms. The van der Waals surface area contributed by atoms with Crippen LogP contribution < -0.4 is 16.4 Å². The molecule has 0 aromatic rings. The third-order valence-electron chi connectivity index (χ3n) is 18.6. The van der Waals surface area contributed by atoms with Crippen molar-refractivity contribution in [2.24, 2.45) is 69.8 Å². The minimum Gasteiger partial charge on any atom is -0.393 e. The highest BCUT2D eigenvalue weighted by molar-refractivity contribution is 5.89. The zero-order valence-corrected chi connectivity index (χ0v) is 37.8. The average Bonchev–Trinajstić information content (AvgIpc) is 3.75. The van der Waals surface area contributed by atoms with Crippen molar-refractivity contribution in [1.82, 2.24) is 10.6 Å². The van der Waals surface area contributed by atoms with E-state index in [4.69, 9.17) is 10.5 Å². The van der Waals surface area contributed by atoms with Crippen molar-refractivity contribution >= 4 is 11.6 Å². The Labute approximate surface area is 368 Å². The van der Waals surface area contributed by atoms with Crippen molar-refractivity contribution in [2.75, 3.05) is 20.2 Å². The second-order valence-corrected chi connectivity index (χ2v) is 22.2. The molecule has 61 heavy (non-hydrogen) atoms. The van der Waals surface area contributed by atoms with Gasteiger partial charge in [-0.15, -0.1) is 0 Å². The van der Waals surface area contributed by atoms with Crippen molar-refractivity contribution in [3.63, 3.8) is 0 Å². The van der Waals surface area contributed by atoms with Gasteiger partial charge in [-0.3, -0.25) is 9.59 Å². The highest BCUT2D eigenvalue weighted by Crippen LogP contribution is 2.56. The normalized spacial score (nSPS) is 42.1. The van der Waals surface area contributed by atoms with Gasteiger partial charge in [0.2, 0.25) is 0 Å². The molecule has 0 amide bonds. The lowest BCUT2D eigenvalue weighted by molar-refractivity contribution is -0.136. The van der Waals surface area contributed by atoms with Gasteiger partial charge in [-0.05, 0) is 181 Å². The molecule has 9 nitrogen and oxygen atoms in total. The zero-order chi connectivity index (χ0) is 42.6. The molecule has 9 heteroatoms. The standard InChI is InChI=1S/C52H83N3O6/c1-61-47-28-39-13-16-48(59)52(22-17-35(25-49(52)60)32-51(20-5-6-21-51)41-26-40-12-15-43(57)30-45(40)55-33-41)23-18-36(44(39)31-46(47)58)11-14-42(56)27-37(38-19-24-54-50(53)29-38)10-9-34-7-3-2-4-8-34/h9-10,34-42,44-47,49-50,54-56,58,60H,2-8,11-17,19-22,24-33,53H2,1H3/t35-,36+,37+,38?,39?,40+,41-,42+,44?,45-,46?,47?,49-,50?,52-/m1/s1. The highest BCUT2D eigenvalue weighted by atomic mass is 16.5. The van der Waals surface area contributed by atoms with E-state index in [9.17, 15) is 24.9 Å². The van der Waals surface area contributed by atoms with E-state index in [0.717, 1.165) is 51.6 Å². The van der Waals surface area contributed by atoms with E-state index in [2.05, 4.69) is 34.6 Å². The molecule has 2 heterocycles. The van der Waals surface area contributed by atoms with Gasteiger partial charge >= 0.3 is 0 Å². The first-order valence-electron chi connectivity index (χ1n) is 25.6. The highest BCUT2D eigenvalue weighted by Gasteiger charge is 2.52. The van der Waals surface area contributed by atoms with E-state index in [-0.39, 0.29) is 47.1 Å². The van der Waals surface area contributed by atoms with Gasteiger partial charge in [0, 0.05) is 38.3 Å². The summed E-state index contributed by atoms with van der Waals surface area (Å²) in [7, 11) is 1.68. The third kappa shape index (κ3) is 10.7. The molecule has 15 atom stereocenters. The first-order chi connectivity index (χ1) is 29.5. The Morgan fingerprint density at radius 2 is 1.70 bits per heavy atom. The number of Topliss-reactive ketones (excluding diaryl/α,β-unsaturated/α-hetero) is 2. The van der Waals surface area contributed by atoms with Crippen LogP contribution in [0, 0.1) is 75.9 Å². The van der Waals surface area contributed by atoms with Gasteiger partial charge in [0.1, 0.15) is 11.2 Å². The number of carbonyl (C=O) groups excluding carboxylic acids is 2. The summed E-state index contributed by atoms with van der Waals surface area (Å²) >= 11 is 0. The molecule has 2 saturated heterocycles. The number of aliphatic hydroxyl groups excluding tert-OH is 3. The summed E-state index contributed by atoms with van der Waals surface area (Å²) in [5.41, 5.74) is 5.63. The number of rotatable bonds is 12. The summed E-state index contributed by atoms with van der Waals surface area (Å²) < 4.78 is 5.78. The number of hydrogen-bond donors (Lipinski definition) is 6. The summed E-state index contributed by atoms with van der Waals surface area (Å²) in [5, 5.41) is 42.6. The Morgan fingerprint density at radius 1 is 0.902 bits per heavy atom. The molecule has 6 aliphatic carbocycles. The number of nitrogens with one attached hydrogen (secondary N) is 2. The van der Waals surface area contributed by atoms with E-state index in [1.165, 1.54) is 64.2 Å². The van der Waals surface area contributed by atoms with Gasteiger partial charge < -0.3 is 36.4 Å². The Morgan fingerprint density at radius 3 is 2.48 bits per heavy atom. The molecule has 342 valence electrons. The van der Waals surface area contributed by atoms with Gasteiger partial charge in [0.05, 0.1) is 30.6 Å². The maximum atomic E-state index is 14.5. The number of fused-ring (bicyclic) bond motifs is 2. The molecule has 2 aliphatic heterocycles. The van der Waals surface area contributed by atoms with Crippen molar-refractivity contribution in [2.45, 2.75) is 204 Å². The molecule has 8 aliphatic rings. The maximum Gasteiger partial charge on any atom is 0.153 e. The SMILES string of the molecule is COC1CC2CCC(=O)[C@]3(C#C[C@H](CC[C@H](O)C[C@H](C=CC4CCCCC4)C4CCNC(N)C4)C2CC1O)CC[C@@H](CC1([C@H]2CN[C@@H]4CC(=O)CC[C@H]4C2)CCCC1)C[C@H]3O. The molecule has 0 radical (unpaired) electrons. The van der Waals surface area contributed by atoms with Crippen LogP contribution in [0.3, 0.4) is 0 Å². The molecular formula is C52H83N3O6. The van der Waals surface area contributed by atoms with E-state index in [1.54, 1.807) is 7.11 Å². The third-order valence-corrected chi connectivity index (χ3v) is 18.6. The molecule has 5 saturated carbocycles. The lowest BCUT2D eigenvalue weighted by Gasteiger charge is -2.49. The number of hydrogen-bond acceptors (Lipinski definition) is 9. The van der Waals surface area contributed by atoms with Crippen LogP contribution in [0.25, 0.3) is 0 Å². The Balaban J connectivity index is 0.970. The van der Waals surface area contributed by atoms with Crippen LogP contribution >= 0.6 is 0 Å². The second-order valence-electron chi connectivity index (χ2n) is 22.2. The fourth-order valence-corrected chi connectivity index (χ4v) is 14.9. The summed E-state index contributed by atoms with van der Waals surface area (Å²) in [6.07, 6.45) is 27.7. The molecule has 7 N–H and O–H groups in total. The Hall–Kier alpha value is -1.64. The second kappa shape index (κ2) is 20.7. The van der Waals surface area contributed by atoms with Crippen LogP contribution in [0.15, 0.2) is 12.2 Å². The van der Waals surface area contributed by atoms with Crippen molar-refractivity contribution in [1.29, 1.82) is 0 Å². The van der Waals surface area contributed by atoms with Crippen molar-refractivity contribution < 1.29 is 29.6 Å². The molecule has 0 bridgehead atoms. The van der Waals surface area contributed by atoms with Crippen LogP contribution in [0.2, 0.25) is 0 Å². The quantitative estimate of drug-likeness (QED) is 0.0873. The van der Waals surface area contributed by atoms with Gasteiger partial charge in [0.25, 0.3) is 0 Å². The number of allylic oxidation sites excluding steroid dienone is 2. The van der Waals surface area contributed by atoms with Gasteiger partial charge in [-0.1, -0.05) is 56.1 Å². The Bertz CT molecular complexity index is 1560. The number of ether oxygens (including phenoxy) is 1. The number of aliphatic hydroxyl groups is 3. The minimum absolute atomic E-state index is 0.00180. The number of ketones is 2. The van der Waals surface area contributed by atoms with Crippen LogP contribution in [0.1, 0.15) is 167 Å². The summed E-state index contributed by atoms with van der Waals surface area (Å²) in [6.45, 7) is 1.91. The lowest BCUT2D eigenvalue weighted by Crippen LogP contribution is -2.53. The number of piperidine rings is 2. The van der Waals surface area contributed by atoms with Gasteiger partial charge in [-0.25, -0.2) is 0 Å². The van der Waals surface area contributed by atoms with Crippen molar-refractivity contribution in [3.05, 3.63) is 12.2 Å². The summed E-state index contributed by atoms with van der Waals surface area (Å²) in [5.74, 6) is 10.9. The largest absolute Gasteiger partial charge is 0.393 e. The van der Waals surface area contributed by atoms with Crippen LogP contribution in [0.4, 0.5) is 0 Å². The smallest absolute Gasteiger partial charge is 0.153 e. The Kier molecular flexibility index (Phi) is 15.6. The predicted octanol–water partition coefficient (Wildman–Crippen LogP) is 7.38. The van der Waals surface area contributed by atoms with Crippen LogP contribution in [-0.4, -0.2) is 83.7 Å². The topological polar surface area (TPSA) is 154 Å². The number of carbonyl (C=O) groups is 2. The van der Waals surface area contributed by atoms with E-state index >= 15 is 0 Å². The molecule has 6 unspecified atom stereocenters. The average molecular weight is 846 g/mol. The van der Waals surface area contributed by atoms with Crippen molar-refractivity contribution in [3.8, 4) is 11.8 Å². The van der Waals surface area contributed by atoms with Gasteiger partial charge in [-0.2, -0.15) is 0 Å². The number of nitrogens with two attached hydrogens (primary N) is 1. The molecule has 8 rings (SSSR count). The van der Waals surface area contributed by atoms with E-state index in [0.29, 0.717) is 106 Å². The predicted molar refractivity (Wildman–Crippen MR) is 240 cm³/mol. The molecule has 0 aromatic heterocycles. The fraction of sp³-hybridized carbons (Fsp3) is 0.885. The monoisotopic (exact) mass is 846 g/mol. The number of methoxy groups -OCH3 is 1. The lowest BCUT2D eigenvalue weighted by atomic mass is 9.58. The van der Waals surface area contributed by atoms with Crippen LogP contribution in [0.5, 0.6) is 0 Å².